The number of benzene rings is 1. The van der Waals surface area contributed by atoms with E-state index in [1.807, 2.05) is 0 Å². The fourth-order valence-corrected chi connectivity index (χ4v) is 3.64. The number of para-hydroxylation sites is 1. The fraction of sp³-hybridized carbons (Fsp3) is 0.167. The summed E-state index contributed by atoms with van der Waals surface area (Å²) in [5.41, 5.74) is 1.21. The second-order valence-corrected chi connectivity index (χ2v) is 7.58. The van der Waals surface area contributed by atoms with Crippen LogP contribution in [0.3, 0.4) is 0 Å². The predicted molar refractivity (Wildman–Crippen MR) is 123 cm³/mol. The summed E-state index contributed by atoms with van der Waals surface area (Å²) in [5, 5.41) is 12.7. The first kappa shape index (κ1) is 24.5. The molecule has 0 aliphatic carbocycles. The first-order valence-electron chi connectivity index (χ1n) is 10.6. The van der Waals surface area contributed by atoms with Gasteiger partial charge < -0.3 is 19.7 Å². The number of hydrogen-bond acceptors (Lipinski definition) is 5. The molecule has 9 nitrogen and oxygen atoms in total. The Labute approximate surface area is 202 Å². The first-order chi connectivity index (χ1) is 17.2. The lowest BCUT2D eigenvalue weighted by Gasteiger charge is -2.13. The Balaban J connectivity index is 1.50. The molecule has 0 aliphatic rings. The number of pyridine rings is 2. The molecule has 0 saturated carbocycles. The number of carbonyl (C=O) groups is 2. The van der Waals surface area contributed by atoms with E-state index in [0.29, 0.717) is 16.7 Å². The van der Waals surface area contributed by atoms with Gasteiger partial charge in [-0.05, 0) is 36.4 Å². The van der Waals surface area contributed by atoms with Gasteiger partial charge in [-0.1, -0.05) is 12.1 Å². The van der Waals surface area contributed by atoms with Gasteiger partial charge in [0.05, 0.1) is 17.2 Å². The molecule has 2 N–H and O–H groups in total. The third-order valence-electron chi connectivity index (χ3n) is 5.30. The van der Waals surface area contributed by atoms with Crippen molar-refractivity contribution in [3.63, 3.8) is 0 Å². The van der Waals surface area contributed by atoms with Crippen molar-refractivity contribution >= 4 is 17.5 Å². The van der Waals surface area contributed by atoms with Crippen LogP contribution in [0.1, 0.15) is 20.8 Å². The Hall–Kier alpha value is -4.61. The molecule has 3 aromatic heterocycles. The molecule has 0 spiro atoms. The average Bonchev–Trinajstić information content (AvgIpc) is 3.26. The Morgan fingerprint density at radius 2 is 1.92 bits per heavy atom. The number of aromatic nitrogens is 3. The highest BCUT2D eigenvalue weighted by Gasteiger charge is 2.32. The molecule has 36 heavy (non-hydrogen) atoms. The smallest absolute Gasteiger partial charge is 0.477 e. The molecular formula is C24H20F3N5O4. The van der Waals surface area contributed by atoms with Crippen molar-refractivity contribution in [3.8, 4) is 17.0 Å². The number of carboxylic acids is 1. The number of carboxylic acid groups (broad SMARTS) is 1. The number of nitrogens with zero attached hydrogens (tertiary/aromatic N) is 4. The molecule has 186 valence electrons. The van der Waals surface area contributed by atoms with Gasteiger partial charge in [-0.25, -0.2) is 9.78 Å². The van der Waals surface area contributed by atoms with Gasteiger partial charge in [-0.2, -0.15) is 0 Å². The Bertz CT molecular complexity index is 1510. The summed E-state index contributed by atoms with van der Waals surface area (Å²) in [6.45, 7) is 0.364. The van der Waals surface area contributed by atoms with Crippen molar-refractivity contribution in [1.29, 1.82) is 0 Å². The molecule has 0 saturated heterocycles. The number of fused-ring (bicyclic) bond motifs is 1. The minimum absolute atomic E-state index is 0.0356. The van der Waals surface area contributed by atoms with Gasteiger partial charge in [0.2, 0.25) is 0 Å². The number of amides is 1. The van der Waals surface area contributed by atoms with Crippen LogP contribution in [0.15, 0.2) is 72.1 Å². The first-order valence-corrected chi connectivity index (χ1v) is 10.6. The Kier molecular flexibility index (Phi) is 6.77. The van der Waals surface area contributed by atoms with E-state index < -0.39 is 18.2 Å². The van der Waals surface area contributed by atoms with Crippen molar-refractivity contribution in [2.45, 2.75) is 12.9 Å². The monoisotopic (exact) mass is 499 g/mol. The third kappa shape index (κ3) is 5.37. The van der Waals surface area contributed by atoms with Crippen LogP contribution in [-0.2, 0) is 6.54 Å². The topological polar surface area (TPSA) is 110 Å². The van der Waals surface area contributed by atoms with Gasteiger partial charge in [0.1, 0.15) is 17.1 Å². The van der Waals surface area contributed by atoms with Crippen LogP contribution >= 0.6 is 0 Å². The fourth-order valence-electron chi connectivity index (χ4n) is 3.64. The number of rotatable bonds is 7. The third-order valence-corrected chi connectivity index (χ3v) is 5.30. The van der Waals surface area contributed by atoms with E-state index in [4.69, 9.17) is 0 Å². The largest absolute Gasteiger partial charge is 0.573 e. The lowest BCUT2D eigenvalue weighted by molar-refractivity contribution is -0.274. The van der Waals surface area contributed by atoms with Crippen LogP contribution in [0.4, 0.5) is 13.2 Å². The van der Waals surface area contributed by atoms with Crippen LogP contribution in [0, 0.1) is 0 Å². The van der Waals surface area contributed by atoms with Gasteiger partial charge in [-0.15, -0.1) is 13.2 Å². The SMILES string of the molecule is CN=c1ccn(CCNC(=O)c2ccn3c(-c4ccccc4OC(F)(F)F)cnc3c2)c(C(=O)O)c1. The van der Waals surface area contributed by atoms with Crippen LogP contribution in [0.25, 0.3) is 16.9 Å². The van der Waals surface area contributed by atoms with E-state index in [9.17, 15) is 27.9 Å². The highest BCUT2D eigenvalue weighted by Crippen LogP contribution is 2.34. The average molecular weight is 499 g/mol. The number of hydrogen-bond donors (Lipinski definition) is 2. The zero-order chi connectivity index (χ0) is 25.9. The maximum absolute atomic E-state index is 12.8. The number of imidazole rings is 1. The number of ether oxygens (including phenoxy) is 1. The molecule has 1 aromatic carbocycles. The molecular weight excluding hydrogens is 479 g/mol. The molecule has 0 fully saturated rings. The van der Waals surface area contributed by atoms with Crippen LogP contribution in [-0.4, -0.2) is 50.9 Å². The molecule has 0 atom stereocenters. The van der Waals surface area contributed by atoms with Gasteiger partial charge in [0.25, 0.3) is 5.91 Å². The lowest BCUT2D eigenvalue weighted by Crippen LogP contribution is -2.29. The summed E-state index contributed by atoms with van der Waals surface area (Å²) in [6.07, 6.45) is -0.345. The second-order valence-electron chi connectivity index (χ2n) is 7.58. The van der Waals surface area contributed by atoms with Crippen molar-refractivity contribution in [3.05, 3.63) is 83.7 Å². The normalized spacial score (nSPS) is 12.1. The summed E-state index contributed by atoms with van der Waals surface area (Å²) >= 11 is 0. The van der Waals surface area contributed by atoms with Crippen molar-refractivity contribution < 1.29 is 32.6 Å². The summed E-state index contributed by atoms with van der Waals surface area (Å²) in [6, 6.07) is 11.8. The number of carbonyl (C=O) groups excluding carboxylic acids is 1. The summed E-state index contributed by atoms with van der Waals surface area (Å²) < 4.78 is 45.6. The molecule has 12 heteroatoms. The zero-order valence-electron chi connectivity index (χ0n) is 18.9. The Morgan fingerprint density at radius 3 is 2.64 bits per heavy atom. The zero-order valence-corrected chi connectivity index (χ0v) is 18.9. The van der Waals surface area contributed by atoms with Crippen LogP contribution in [0.5, 0.6) is 5.75 Å². The van der Waals surface area contributed by atoms with Crippen LogP contribution < -0.4 is 15.4 Å². The van der Waals surface area contributed by atoms with Crippen molar-refractivity contribution in [2.75, 3.05) is 13.6 Å². The summed E-state index contributed by atoms with van der Waals surface area (Å²) in [4.78, 5) is 32.3. The van der Waals surface area contributed by atoms with Crippen molar-refractivity contribution in [2.24, 2.45) is 4.99 Å². The molecule has 3 heterocycles. The van der Waals surface area contributed by atoms with E-state index in [1.54, 1.807) is 29.8 Å². The van der Waals surface area contributed by atoms with Crippen LogP contribution in [0.2, 0.25) is 0 Å². The number of nitrogens with one attached hydrogen (secondary N) is 1. The van der Waals surface area contributed by atoms with E-state index in [1.165, 1.54) is 53.4 Å². The summed E-state index contributed by atoms with van der Waals surface area (Å²) in [7, 11) is 1.56. The van der Waals surface area contributed by atoms with E-state index in [-0.39, 0.29) is 35.7 Å². The minimum Gasteiger partial charge on any atom is -0.477 e. The quantitative estimate of drug-likeness (QED) is 0.405. The maximum Gasteiger partial charge on any atom is 0.573 e. The number of aromatic carboxylic acids is 1. The van der Waals surface area contributed by atoms with E-state index in [2.05, 4.69) is 20.0 Å². The molecule has 4 aromatic rings. The molecule has 0 bridgehead atoms. The standard InChI is InChI=1S/C24H20F3N5O4/c1-28-16-7-9-31(18(13-16)23(34)35)11-8-29-22(33)15-6-10-32-19(14-30-21(32)12-15)17-4-2-3-5-20(17)36-24(25,26)27/h2-7,9-10,12-14H,8,11H2,1H3,(H,29,33)(H,34,35). The minimum atomic E-state index is -4.85. The highest BCUT2D eigenvalue weighted by molar-refractivity contribution is 5.95. The number of halogens is 3. The predicted octanol–water partition coefficient (Wildman–Crippen LogP) is 3.36. The molecule has 0 aliphatic heterocycles. The molecule has 4 rings (SSSR count). The lowest BCUT2D eigenvalue weighted by atomic mass is 10.1. The van der Waals surface area contributed by atoms with Gasteiger partial charge in [0, 0.05) is 43.7 Å². The second kappa shape index (κ2) is 9.94. The van der Waals surface area contributed by atoms with Crippen molar-refractivity contribution in [1.82, 2.24) is 19.3 Å². The van der Waals surface area contributed by atoms with E-state index >= 15 is 0 Å². The Morgan fingerprint density at radius 1 is 1.14 bits per heavy atom. The molecule has 0 radical (unpaired) electrons. The highest BCUT2D eigenvalue weighted by atomic mass is 19.4. The maximum atomic E-state index is 12.8. The molecule has 0 unspecified atom stereocenters. The van der Waals surface area contributed by atoms with Gasteiger partial charge >= 0.3 is 12.3 Å². The van der Waals surface area contributed by atoms with Gasteiger partial charge in [-0.3, -0.25) is 14.2 Å². The van der Waals surface area contributed by atoms with Gasteiger partial charge in [0.15, 0.2) is 0 Å². The molecule has 1 amide bonds. The van der Waals surface area contributed by atoms with E-state index in [0.717, 1.165) is 0 Å². The number of alkyl halides is 3. The summed E-state index contributed by atoms with van der Waals surface area (Å²) in [5.74, 6) is -1.90.